The maximum atomic E-state index is 5.41. The van der Waals surface area contributed by atoms with Crippen molar-refractivity contribution in [2.24, 2.45) is 0 Å². The highest BCUT2D eigenvalue weighted by atomic mass is 32.2. The molecule has 0 radical (unpaired) electrons. The van der Waals surface area contributed by atoms with Gasteiger partial charge >= 0.3 is 0 Å². The van der Waals surface area contributed by atoms with E-state index in [2.05, 4.69) is 19.1 Å². The van der Waals surface area contributed by atoms with E-state index in [1.807, 2.05) is 29.6 Å². The Morgan fingerprint density at radius 1 is 1.31 bits per heavy atom. The van der Waals surface area contributed by atoms with Gasteiger partial charge in [-0.05, 0) is 12.6 Å². The van der Waals surface area contributed by atoms with Crippen LogP contribution < -0.4 is 0 Å². The largest absolute Gasteiger partial charge is 0.296 e. The Labute approximate surface area is 84.2 Å². The van der Waals surface area contributed by atoms with Crippen molar-refractivity contribution in [2.45, 2.75) is 13.5 Å². The molecule has 0 unspecified atom stereocenters. The zero-order valence-electron chi connectivity index (χ0n) is 8.06. The van der Waals surface area contributed by atoms with Crippen molar-refractivity contribution in [1.29, 1.82) is 0 Å². The van der Waals surface area contributed by atoms with Crippen molar-refractivity contribution in [3.8, 4) is 0 Å². The second-order valence-electron chi connectivity index (χ2n) is 2.77. The van der Waals surface area contributed by atoms with Gasteiger partial charge in [-0.1, -0.05) is 37.3 Å². The molecule has 0 atom stereocenters. The normalized spacial score (nSPS) is 10.7. The van der Waals surface area contributed by atoms with Crippen molar-refractivity contribution in [3.63, 3.8) is 0 Å². The van der Waals surface area contributed by atoms with Crippen LogP contribution in [0.4, 0.5) is 0 Å². The van der Waals surface area contributed by atoms with Gasteiger partial charge in [0.05, 0.1) is 18.8 Å². The summed E-state index contributed by atoms with van der Waals surface area (Å²) in [5.74, 6) is 0. The van der Waals surface area contributed by atoms with E-state index in [1.54, 1.807) is 0 Å². The minimum atomic E-state index is 0.663. The van der Waals surface area contributed by atoms with Crippen LogP contribution in [-0.4, -0.2) is 17.9 Å². The summed E-state index contributed by atoms with van der Waals surface area (Å²) in [5, 5.41) is 0. The number of rotatable bonds is 5. The van der Waals surface area contributed by atoms with Crippen LogP contribution in [0.2, 0.25) is 0 Å². The third-order valence-corrected chi connectivity index (χ3v) is 2.43. The Kier molecular flexibility index (Phi) is 4.90. The van der Waals surface area contributed by atoms with Crippen LogP contribution in [0.3, 0.4) is 0 Å². The molecule has 72 valence electrons. The monoisotopic (exact) mass is 197 g/mol. The van der Waals surface area contributed by atoms with Crippen molar-refractivity contribution in [1.82, 2.24) is 4.31 Å². The van der Waals surface area contributed by atoms with Gasteiger partial charge in [0.15, 0.2) is 0 Å². The third kappa shape index (κ3) is 4.31. The second-order valence-corrected chi connectivity index (χ2v) is 3.77. The SMILES string of the molecule is CCN(C)SOCc1ccccc1. The predicted molar refractivity (Wildman–Crippen MR) is 57.1 cm³/mol. The maximum Gasteiger partial charge on any atom is 0.0879 e. The van der Waals surface area contributed by atoms with Crippen LogP contribution in [0.1, 0.15) is 12.5 Å². The first kappa shape index (κ1) is 10.6. The molecule has 0 bridgehead atoms. The van der Waals surface area contributed by atoms with E-state index in [0.29, 0.717) is 6.61 Å². The lowest BCUT2D eigenvalue weighted by Crippen LogP contribution is -2.07. The fourth-order valence-corrected chi connectivity index (χ4v) is 1.29. The van der Waals surface area contributed by atoms with Crippen LogP contribution in [0.5, 0.6) is 0 Å². The Morgan fingerprint density at radius 3 is 2.62 bits per heavy atom. The fraction of sp³-hybridized carbons (Fsp3) is 0.400. The molecule has 0 saturated heterocycles. The first-order chi connectivity index (χ1) is 6.33. The average Bonchev–Trinajstić information content (AvgIpc) is 2.19. The van der Waals surface area contributed by atoms with Crippen LogP contribution >= 0.6 is 12.2 Å². The number of hydrogen-bond donors (Lipinski definition) is 0. The van der Waals surface area contributed by atoms with E-state index in [0.717, 1.165) is 6.54 Å². The second kappa shape index (κ2) is 6.02. The number of nitrogens with zero attached hydrogens (tertiary/aromatic N) is 1. The molecule has 1 rings (SSSR count). The van der Waals surface area contributed by atoms with E-state index in [4.69, 9.17) is 4.18 Å². The Bertz CT molecular complexity index is 228. The molecule has 0 aliphatic rings. The van der Waals surface area contributed by atoms with Gasteiger partial charge in [-0.2, -0.15) is 0 Å². The molecule has 0 aliphatic carbocycles. The zero-order chi connectivity index (χ0) is 9.52. The van der Waals surface area contributed by atoms with Crippen molar-refractivity contribution < 1.29 is 4.18 Å². The molecule has 0 N–H and O–H groups in total. The van der Waals surface area contributed by atoms with Crippen molar-refractivity contribution >= 4 is 12.2 Å². The maximum absolute atomic E-state index is 5.41. The molecular weight excluding hydrogens is 182 g/mol. The Balaban J connectivity index is 2.20. The highest BCUT2D eigenvalue weighted by molar-refractivity contribution is 7.92. The molecule has 0 heterocycles. The molecule has 0 fully saturated rings. The van der Waals surface area contributed by atoms with Gasteiger partial charge in [-0.15, -0.1) is 0 Å². The van der Waals surface area contributed by atoms with E-state index >= 15 is 0 Å². The van der Waals surface area contributed by atoms with Gasteiger partial charge in [0.25, 0.3) is 0 Å². The summed E-state index contributed by atoms with van der Waals surface area (Å²) in [6.07, 6.45) is 0. The molecular formula is C10H15NOS. The fourth-order valence-electron chi connectivity index (χ4n) is 0.811. The van der Waals surface area contributed by atoms with E-state index in [1.165, 1.54) is 17.8 Å². The molecule has 13 heavy (non-hydrogen) atoms. The van der Waals surface area contributed by atoms with Crippen LogP contribution in [0.15, 0.2) is 30.3 Å². The summed E-state index contributed by atoms with van der Waals surface area (Å²) < 4.78 is 7.46. The highest BCUT2D eigenvalue weighted by Crippen LogP contribution is 2.11. The molecule has 0 spiro atoms. The Hall–Kier alpha value is -0.510. The molecule has 0 aliphatic heterocycles. The number of benzene rings is 1. The molecule has 1 aromatic rings. The smallest absolute Gasteiger partial charge is 0.0879 e. The summed E-state index contributed by atoms with van der Waals surface area (Å²) in [6, 6.07) is 10.2. The molecule has 0 amide bonds. The van der Waals surface area contributed by atoms with Gasteiger partial charge in [0.1, 0.15) is 0 Å². The highest BCUT2D eigenvalue weighted by Gasteiger charge is 1.96. The summed E-state index contributed by atoms with van der Waals surface area (Å²) in [6.45, 7) is 3.74. The average molecular weight is 197 g/mol. The lowest BCUT2D eigenvalue weighted by atomic mass is 10.2. The van der Waals surface area contributed by atoms with Crippen LogP contribution in [0.25, 0.3) is 0 Å². The molecule has 0 saturated carbocycles. The third-order valence-electron chi connectivity index (χ3n) is 1.69. The quantitative estimate of drug-likeness (QED) is 0.532. The first-order valence-corrected chi connectivity index (χ1v) is 5.07. The zero-order valence-corrected chi connectivity index (χ0v) is 8.88. The van der Waals surface area contributed by atoms with Gasteiger partial charge in [-0.25, -0.2) is 4.31 Å². The van der Waals surface area contributed by atoms with Crippen LogP contribution in [-0.2, 0) is 10.8 Å². The van der Waals surface area contributed by atoms with Gasteiger partial charge in [-0.3, -0.25) is 4.18 Å². The van der Waals surface area contributed by atoms with E-state index in [-0.39, 0.29) is 0 Å². The van der Waals surface area contributed by atoms with Gasteiger partial charge < -0.3 is 0 Å². The number of hydrogen-bond acceptors (Lipinski definition) is 3. The lowest BCUT2D eigenvalue weighted by molar-refractivity contribution is 0.341. The predicted octanol–water partition coefficient (Wildman–Crippen LogP) is 2.72. The topological polar surface area (TPSA) is 12.5 Å². The summed E-state index contributed by atoms with van der Waals surface area (Å²) in [7, 11) is 2.01. The lowest BCUT2D eigenvalue weighted by Gasteiger charge is -2.11. The van der Waals surface area contributed by atoms with Gasteiger partial charge in [0, 0.05) is 6.54 Å². The summed E-state index contributed by atoms with van der Waals surface area (Å²) in [5.41, 5.74) is 1.21. The van der Waals surface area contributed by atoms with Crippen molar-refractivity contribution in [3.05, 3.63) is 35.9 Å². The standard InChI is InChI=1S/C10H15NOS/c1-3-11(2)13-12-9-10-7-5-4-6-8-10/h4-8H,3,9H2,1-2H3. The summed E-state index contributed by atoms with van der Waals surface area (Å²) >= 11 is 1.40. The van der Waals surface area contributed by atoms with E-state index < -0.39 is 0 Å². The minimum absolute atomic E-state index is 0.663. The molecule has 2 nitrogen and oxygen atoms in total. The molecule has 3 heteroatoms. The first-order valence-electron chi connectivity index (χ1n) is 4.37. The van der Waals surface area contributed by atoms with Crippen molar-refractivity contribution in [2.75, 3.05) is 13.6 Å². The minimum Gasteiger partial charge on any atom is -0.296 e. The summed E-state index contributed by atoms with van der Waals surface area (Å²) in [4.78, 5) is 0. The van der Waals surface area contributed by atoms with E-state index in [9.17, 15) is 0 Å². The Morgan fingerprint density at radius 2 is 2.00 bits per heavy atom. The van der Waals surface area contributed by atoms with Crippen LogP contribution in [0, 0.1) is 0 Å². The van der Waals surface area contributed by atoms with Gasteiger partial charge in [0.2, 0.25) is 0 Å². The molecule has 0 aromatic heterocycles. The molecule has 1 aromatic carbocycles.